The monoisotopic (exact) mass is 289 g/mol. The predicted molar refractivity (Wildman–Crippen MR) is 74.9 cm³/mol. The Hall–Kier alpha value is -1.83. The number of aliphatic hydroxyl groups is 1. The van der Waals surface area contributed by atoms with E-state index in [9.17, 15) is 5.11 Å². The van der Waals surface area contributed by atoms with Crippen LogP contribution in [0.4, 0.5) is 0 Å². The molecule has 0 spiro atoms. The van der Waals surface area contributed by atoms with Crippen LogP contribution in [0.2, 0.25) is 0 Å². The van der Waals surface area contributed by atoms with E-state index >= 15 is 0 Å². The third-order valence-corrected chi connectivity index (χ3v) is 3.88. The topological polar surface area (TPSA) is 83.7 Å². The van der Waals surface area contributed by atoms with Gasteiger partial charge in [0.25, 0.3) is 0 Å². The first-order valence-corrected chi connectivity index (χ1v) is 7.18. The molecule has 0 saturated carbocycles. The largest absolute Gasteiger partial charge is 0.396 e. The van der Waals surface area contributed by atoms with Gasteiger partial charge < -0.3 is 9.67 Å². The SMILES string of the molecule is [O]CC(CCO)n1cnc2c(-c3ccsc3)ncnc21. The molecule has 0 aromatic carbocycles. The zero-order valence-corrected chi connectivity index (χ0v) is 11.5. The van der Waals surface area contributed by atoms with Crippen molar-refractivity contribution in [3.05, 3.63) is 29.5 Å². The van der Waals surface area contributed by atoms with Gasteiger partial charge in [0.15, 0.2) is 5.65 Å². The van der Waals surface area contributed by atoms with Crippen molar-refractivity contribution < 1.29 is 10.2 Å². The number of imidazole rings is 1. The first kappa shape index (κ1) is 13.2. The van der Waals surface area contributed by atoms with Crippen molar-refractivity contribution in [2.45, 2.75) is 12.5 Å². The molecule has 3 aromatic rings. The number of rotatable bonds is 5. The zero-order chi connectivity index (χ0) is 13.9. The molecule has 7 heteroatoms. The van der Waals surface area contributed by atoms with E-state index in [1.54, 1.807) is 22.2 Å². The third kappa shape index (κ3) is 2.20. The van der Waals surface area contributed by atoms with E-state index < -0.39 is 0 Å². The van der Waals surface area contributed by atoms with Gasteiger partial charge in [-0.25, -0.2) is 20.1 Å². The highest BCUT2D eigenvalue weighted by Gasteiger charge is 2.17. The quantitative estimate of drug-likeness (QED) is 0.777. The Morgan fingerprint density at radius 3 is 2.95 bits per heavy atom. The molecule has 1 unspecified atom stereocenters. The first-order chi connectivity index (χ1) is 9.85. The molecule has 0 amide bonds. The van der Waals surface area contributed by atoms with Gasteiger partial charge in [0.05, 0.1) is 12.4 Å². The van der Waals surface area contributed by atoms with Crippen LogP contribution in [0.3, 0.4) is 0 Å². The van der Waals surface area contributed by atoms with Crippen molar-refractivity contribution in [2.24, 2.45) is 0 Å². The molecule has 1 atom stereocenters. The van der Waals surface area contributed by atoms with Crippen LogP contribution in [-0.2, 0) is 5.11 Å². The van der Waals surface area contributed by atoms with Crippen LogP contribution in [0.25, 0.3) is 22.4 Å². The van der Waals surface area contributed by atoms with E-state index in [-0.39, 0.29) is 19.3 Å². The first-order valence-electron chi connectivity index (χ1n) is 6.24. The summed E-state index contributed by atoms with van der Waals surface area (Å²) >= 11 is 1.59. The molecule has 0 bridgehead atoms. The van der Waals surface area contributed by atoms with Gasteiger partial charge in [-0.05, 0) is 17.9 Å². The highest BCUT2D eigenvalue weighted by molar-refractivity contribution is 7.08. The van der Waals surface area contributed by atoms with Gasteiger partial charge in [-0.3, -0.25) is 0 Å². The van der Waals surface area contributed by atoms with Crippen LogP contribution < -0.4 is 0 Å². The second kappa shape index (κ2) is 5.66. The molecule has 20 heavy (non-hydrogen) atoms. The highest BCUT2D eigenvalue weighted by Crippen LogP contribution is 2.27. The molecule has 1 radical (unpaired) electrons. The van der Waals surface area contributed by atoms with Crippen molar-refractivity contribution in [1.82, 2.24) is 19.5 Å². The second-order valence-corrected chi connectivity index (χ2v) is 5.17. The number of aliphatic hydroxyl groups excluding tert-OH is 1. The number of thiophene rings is 1. The number of nitrogens with zero attached hydrogens (tertiary/aromatic N) is 4. The lowest BCUT2D eigenvalue weighted by Gasteiger charge is -2.13. The van der Waals surface area contributed by atoms with Gasteiger partial charge in [0.1, 0.15) is 24.1 Å². The lowest BCUT2D eigenvalue weighted by molar-refractivity contribution is 0.129. The fourth-order valence-electron chi connectivity index (χ4n) is 2.18. The van der Waals surface area contributed by atoms with Gasteiger partial charge in [-0.15, -0.1) is 0 Å². The fourth-order valence-corrected chi connectivity index (χ4v) is 2.82. The average Bonchev–Trinajstić information content (AvgIpc) is 3.13. The molecule has 1 N–H and O–H groups in total. The summed E-state index contributed by atoms with van der Waals surface area (Å²) in [6.45, 7) is -0.348. The molecule has 0 aliphatic heterocycles. The van der Waals surface area contributed by atoms with Gasteiger partial charge in [-0.1, -0.05) is 0 Å². The number of hydrogen-bond donors (Lipinski definition) is 1. The van der Waals surface area contributed by atoms with Gasteiger partial charge >= 0.3 is 0 Å². The van der Waals surface area contributed by atoms with Crippen molar-refractivity contribution in [2.75, 3.05) is 13.2 Å². The minimum absolute atomic E-state index is 0.0327. The smallest absolute Gasteiger partial charge is 0.164 e. The Morgan fingerprint density at radius 2 is 2.25 bits per heavy atom. The van der Waals surface area contributed by atoms with Crippen LogP contribution in [-0.4, -0.2) is 37.8 Å². The summed E-state index contributed by atoms with van der Waals surface area (Å²) in [4.78, 5) is 12.9. The minimum Gasteiger partial charge on any atom is -0.396 e. The Morgan fingerprint density at radius 1 is 1.35 bits per heavy atom. The zero-order valence-electron chi connectivity index (χ0n) is 10.6. The molecule has 0 aliphatic carbocycles. The average molecular weight is 289 g/mol. The highest BCUT2D eigenvalue weighted by atomic mass is 32.1. The van der Waals surface area contributed by atoms with Crippen LogP contribution in [0.1, 0.15) is 12.5 Å². The maximum Gasteiger partial charge on any atom is 0.164 e. The summed E-state index contributed by atoms with van der Waals surface area (Å²) in [5.74, 6) is 0. The van der Waals surface area contributed by atoms with Crippen LogP contribution >= 0.6 is 11.3 Å². The van der Waals surface area contributed by atoms with Crippen LogP contribution in [0.15, 0.2) is 29.5 Å². The van der Waals surface area contributed by atoms with E-state index in [0.717, 1.165) is 11.3 Å². The summed E-state index contributed by atoms with van der Waals surface area (Å²) in [5, 5.41) is 24.3. The maximum absolute atomic E-state index is 11.3. The minimum atomic E-state index is -0.338. The molecule has 0 saturated heterocycles. The Kier molecular flexibility index (Phi) is 3.72. The normalized spacial score (nSPS) is 12.9. The molecule has 0 fully saturated rings. The molecular weight excluding hydrogens is 276 g/mol. The second-order valence-electron chi connectivity index (χ2n) is 4.39. The summed E-state index contributed by atoms with van der Waals surface area (Å²) in [5.41, 5.74) is 3.08. The van der Waals surface area contributed by atoms with E-state index in [4.69, 9.17) is 5.11 Å². The summed E-state index contributed by atoms with van der Waals surface area (Å²) in [7, 11) is 0. The van der Waals surface area contributed by atoms with E-state index in [2.05, 4.69) is 15.0 Å². The Labute approximate surface area is 119 Å². The number of aromatic nitrogens is 4. The van der Waals surface area contributed by atoms with E-state index in [1.165, 1.54) is 6.33 Å². The maximum atomic E-state index is 11.3. The van der Waals surface area contributed by atoms with Gasteiger partial charge in [-0.2, -0.15) is 11.3 Å². The summed E-state index contributed by atoms with van der Waals surface area (Å²) < 4.78 is 1.73. The molecular formula is C13H13N4O2S. The molecule has 103 valence electrons. The van der Waals surface area contributed by atoms with Crippen molar-refractivity contribution in [3.8, 4) is 11.3 Å². The third-order valence-electron chi connectivity index (χ3n) is 3.20. The van der Waals surface area contributed by atoms with Crippen molar-refractivity contribution >= 4 is 22.5 Å². The summed E-state index contributed by atoms with van der Waals surface area (Å²) in [6, 6.07) is 1.64. The van der Waals surface area contributed by atoms with Crippen LogP contribution in [0.5, 0.6) is 0 Å². The Balaban J connectivity index is 2.12. The fraction of sp³-hybridized carbons (Fsp3) is 0.308. The lowest BCUT2D eigenvalue weighted by atomic mass is 10.2. The molecule has 3 heterocycles. The van der Waals surface area contributed by atoms with Gasteiger partial charge in [0.2, 0.25) is 0 Å². The number of fused-ring (bicyclic) bond motifs is 1. The molecule has 3 rings (SSSR count). The van der Waals surface area contributed by atoms with Gasteiger partial charge in [0, 0.05) is 17.6 Å². The van der Waals surface area contributed by atoms with Crippen molar-refractivity contribution in [1.29, 1.82) is 0 Å². The lowest BCUT2D eigenvalue weighted by Crippen LogP contribution is -2.13. The predicted octanol–water partition coefficient (Wildman–Crippen LogP) is 1.91. The Bertz CT molecular complexity index is 696. The standard InChI is InChI=1S/C13H13N4O2S/c18-3-1-10(5-19)17-8-16-12-11(9-2-4-20-6-9)14-7-15-13(12)17/h2,4,6-8,10,18H,1,3,5H2. The summed E-state index contributed by atoms with van der Waals surface area (Å²) in [6.07, 6.45) is 3.48. The molecule has 3 aromatic heterocycles. The number of hydrogen-bond acceptors (Lipinski definition) is 5. The van der Waals surface area contributed by atoms with E-state index in [0.29, 0.717) is 17.6 Å². The molecule has 0 aliphatic rings. The van der Waals surface area contributed by atoms with Crippen LogP contribution in [0, 0.1) is 0 Å². The van der Waals surface area contributed by atoms with E-state index in [1.807, 2.05) is 16.8 Å². The molecule has 6 nitrogen and oxygen atoms in total. The van der Waals surface area contributed by atoms with Crippen molar-refractivity contribution in [3.63, 3.8) is 0 Å².